The summed E-state index contributed by atoms with van der Waals surface area (Å²) in [6, 6.07) is 10.9. The lowest BCUT2D eigenvalue weighted by Crippen LogP contribution is -2.49. The number of nitriles is 1. The van der Waals surface area contributed by atoms with E-state index in [9.17, 15) is 27.6 Å². The van der Waals surface area contributed by atoms with Gasteiger partial charge in [0.1, 0.15) is 6.61 Å². The van der Waals surface area contributed by atoms with Crippen molar-refractivity contribution in [2.45, 2.75) is 19.1 Å². The lowest BCUT2D eigenvalue weighted by atomic mass is 9.92. The fraction of sp³-hybridized carbons (Fsp3) is 0.280. The summed E-state index contributed by atoms with van der Waals surface area (Å²) < 4.78 is 45.4. The van der Waals surface area contributed by atoms with Crippen molar-refractivity contribution in [1.82, 2.24) is 9.80 Å². The third kappa shape index (κ3) is 5.33. The fourth-order valence-corrected chi connectivity index (χ4v) is 3.85. The normalized spacial score (nSPS) is 16.0. The molecule has 36 heavy (non-hydrogen) atoms. The topological polar surface area (TPSA) is 94.0 Å². The summed E-state index contributed by atoms with van der Waals surface area (Å²) in [5, 5.41) is 9.10. The molecule has 11 heteroatoms. The van der Waals surface area contributed by atoms with Gasteiger partial charge in [-0.3, -0.25) is 9.69 Å². The maximum Gasteiger partial charge on any atom is 0.416 e. The Balaban J connectivity index is 2.12. The lowest BCUT2D eigenvalue weighted by molar-refractivity contribution is -0.141. The zero-order valence-corrected chi connectivity index (χ0v) is 19.7. The van der Waals surface area contributed by atoms with Crippen LogP contribution < -0.4 is 4.90 Å². The Morgan fingerprint density at radius 1 is 1.22 bits per heavy atom. The Morgan fingerprint density at radius 2 is 1.89 bits per heavy atom. The first kappa shape index (κ1) is 26.3. The molecule has 0 radical (unpaired) electrons. The Kier molecular flexibility index (Phi) is 7.68. The molecule has 188 valence electrons. The zero-order chi connectivity index (χ0) is 26.6. The van der Waals surface area contributed by atoms with Crippen LogP contribution in [0, 0.1) is 11.3 Å². The minimum atomic E-state index is -4.63. The highest BCUT2D eigenvalue weighted by molar-refractivity contribution is 6.03. The minimum Gasteiger partial charge on any atom is -0.460 e. The van der Waals surface area contributed by atoms with Gasteiger partial charge in [0.05, 0.1) is 41.0 Å². The Bertz CT molecular complexity index is 1240. The van der Waals surface area contributed by atoms with Crippen LogP contribution in [0.1, 0.15) is 29.7 Å². The number of hydrogen-bond acceptors (Lipinski definition) is 5. The Labute approximate surface area is 205 Å². The van der Waals surface area contributed by atoms with E-state index in [0.29, 0.717) is 17.5 Å². The number of carbonyl (C=O) groups is 3. The van der Waals surface area contributed by atoms with Crippen LogP contribution in [0.25, 0.3) is 0 Å². The second kappa shape index (κ2) is 10.5. The van der Waals surface area contributed by atoms with Crippen molar-refractivity contribution in [2.75, 3.05) is 32.1 Å². The number of hydrogen-bond donors (Lipinski definition) is 0. The summed E-state index contributed by atoms with van der Waals surface area (Å²) in [7, 11) is 2.93. The van der Waals surface area contributed by atoms with Crippen LogP contribution in [-0.4, -0.2) is 55.5 Å². The number of carbonyl (C=O) groups excluding carboxylic acids is 3. The highest BCUT2D eigenvalue weighted by atomic mass is 19.4. The SMILES string of the molecule is CC1=C(C(=O)OCCN(C)C=O)C(c2ccc(C#N)cc2)N(C)C(=O)N1c1cccc(C(F)(F)F)c1. The van der Waals surface area contributed by atoms with E-state index in [4.69, 9.17) is 10.00 Å². The number of anilines is 1. The molecule has 0 bridgehead atoms. The number of nitrogens with zero attached hydrogens (tertiary/aromatic N) is 4. The van der Waals surface area contributed by atoms with Crippen molar-refractivity contribution in [3.63, 3.8) is 0 Å². The molecule has 0 spiro atoms. The maximum absolute atomic E-state index is 13.4. The summed E-state index contributed by atoms with van der Waals surface area (Å²) in [5.41, 5.74) is -0.00356. The van der Waals surface area contributed by atoms with Crippen molar-refractivity contribution in [3.8, 4) is 6.07 Å². The molecule has 1 unspecified atom stereocenters. The van der Waals surface area contributed by atoms with Crippen LogP contribution in [0.5, 0.6) is 0 Å². The second-order valence-electron chi connectivity index (χ2n) is 8.13. The lowest BCUT2D eigenvalue weighted by Gasteiger charge is -2.41. The van der Waals surface area contributed by atoms with E-state index in [1.807, 2.05) is 6.07 Å². The summed E-state index contributed by atoms with van der Waals surface area (Å²) in [5.74, 6) is -0.794. The largest absolute Gasteiger partial charge is 0.460 e. The van der Waals surface area contributed by atoms with Crippen LogP contribution in [0.15, 0.2) is 59.8 Å². The number of amides is 3. The molecule has 1 aliphatic rings. The van der Waals surface area contributed by atoms with Crippen LogP contribution in [0.2, 0.25) is 0 Å². The van der Waals surface area contributed by atoms with Gasteiger partial charge in [-0.2, -0.15) is 18.4 Å². The van der Waals surface area contributed by atoms with E-state index in [1.165, 1.54) is 55.1 Å². The van der Waals surface area contributed by atoms with Gasteiger partial charge in [-0.15, -0.1) is 0 Å². The maximum atomic E-state index is 13.4. The molecule has 0 N–H and O–H groups in total. The molecule has 1 heterocycles. The first-order chi connectivity index (χ1) is 17.0. The van der Waals surface area contributed by atoms with Gasteiger partial charge in [0.15, 0.2) is 0 Å². The molecule has 3 rings (SSSR count). The number of likely N-dealkylation sites (N-methyl/N-ethyl adjacent to an activating group) is 2. The van der Waals surface area contributed by atoms with E-state index in [1.54, 1.807) is 12.1 Å². The number of allylic oxidation sites excluding steroid dienone is 1. The summed E-state index contributed by atoms with van der Waals surface area (Å²) in [6.07, 6.45) is -4.06. The van der Waals surface area contributed by atoms with Crippen LogP contribution in [-0.2, 0) is 20.5 Å². The van der Waals surface area contributed by atoms with E-state index < -0.39 is 29.8 Å². The molecule has 0 aliphatic carbocycles. The number of benzene rings is 2. The number of ether oxygens (including phenoxy) is 1. The average molecular weight is 500 g/mol. The molecule has 0 fully saturated rings. The average Bonchev–Trinajstić information content (AvgIpc) is 2.85. The molecular formula is C25H23F3N4O4. The first-order valence-electron chi connectivity index (χ1n) is 10.8. The van der Waals surface area contributed by atoms with E-state index >= 15 is 0 Å². The molecule has 0 aromatic heterocycles. The quantitative estimate of drug-likeness (QED) is 0.422. The highest BCUT2D eigenvalue weighted by Gasteiger charge is 2.42. The Hall–Kier alpha value is -4.33. The highest BCUT2D eigenvalue weighted by Crippen LogP contribution is 2.40. The van der Waals surface area contributed by atoms with Gasteiger partial charge in [-0.05, 0) is 42.8 Å². The fourth-order valence-electron chi connectivity index (χ4n) is 3.85. The van der Waals surface area contributed by atoms with Gasteiger partial charge >= 0.3 is 18.2 Å². The zero-order valence-electron chi connectivity index (χ0n) is 19.7. The molecular weight excluding hydrogens is 477 g/mol. The molecule has 3 amide bonds. The monoisotopic (exact) mass is 500 g/mol. The Morgan fingerprint density at radius 3 is 2.47 bits per heavy atom. The minimum absolute atomic E-state index is 0.0352. The van der Waals surface area contributed by atoms with Crippen molar-refractivity contribution in [1.29, 1.82) is 5.26 Å². The van der Waals surface area contributed by atoms with Crippen molar-refractivity contribution >= 4 is 24.1 Å². The van der Waals surface area contributed by atoms with Gasteiger partial charge in [0.2, 0.25) is 6.41 Å². The van der Waals surface area contributed by atoms with Gasteiger partial charge in [-0.25, -0.2) is 9.59 Å². The third-order valence-electron chi connectivity index (χ3n) is 5.74. The molecule has 1 aliphatic heterocycles. The molecule has 0 saturated heterocycles. The molecule has 2 aromatic rings. The van der Waals surface area contributed by atoms with E-state index in [0.717, 1.165) is 17.0 Å². The standard InChI is InChI=1S/C25H23F3N4O4/c1-16-21(23(34)36-12-11-30(2)15-33)22(18-9-7-17(14-29)8-10-18)31(3)24(35)32(16)20-6-4-5-19(13-20)25(26,27)28/h4-10,13,15,22H,11-12H2,1-3H3. The number of halogens is 3. The van der Waals surface area contributed by atoms with Crippen LogP contribution in [0.4, 0.5) is 23.7 Å². The number of esters is 1. The summed E-state index contributed by atoms with van der Waals surface area (Å²) >= 11 is 0. The van der Waals surface area contributed by atoms with Crippen molar-refractivity contribution in [3.05, 3.63) is 76.5 Å². The molecule has 2 aromatic carbocycles. The van der Waals surface area contributed by atoms with Crippen LogP contribution in [0.3, 0.4) is 0 Å². The summed E-state index contributed by atoms with van der Waals surface area (Å²) in [6.45, 7) is 1.44. The van der Waals surface area contributed by atoms with E-state index in [-0.39, 0.29) is 30.1 Å². The third-order valence-corrected chi connectivity index (χ3v) is 5.74. The van der Waals surface area contributed by atoms with Gasteiger partial charge in [-0.1, -0.05) is 18.2 Å². The van der Waals surface area contributed by atoms with Crippen molar-refractivity contribution in [2.24, 2.45) is 0 Å². The van der Waals surface area contributed by atoms with Crippen molar-refractivity contribution < 1.29 is 32.3 Å². The van der Waals surface area contributed by atoms with Gasteiger partial charge in [0, 0.05) is 19.8 Å². The van der Waals surface area contributed by atoms with Gasteiger partial charge in [0.25, 0.3) is 0 Å². The van der Waals surface area contributed by atoms with E-state index in [2.05, 4.69) is 0 Å². The molecule has 0 saturated carbocycles. The summed E-state index contributed by atoms with van der Waals surface area (Å²) in [4.78, 5) is 41.0. The second-order valence-corrected chi connectivity index (χ2v) is 8.13. The predicted octanol–water partition coefficient (Wildman–Crippen LogP) is 4.10. The van der Waals surface area contributed by atoms with Crippen LogP contribution >= 0.6 is 0 Å². The molecule has 8 nitrogen and oxygen atoms in total. The number of urea groups is 1. The predicted molar refractivity (Wildman–Crippen MR) is 123 cm³/mol. The number of rotatable bonds is 7. The van der Waals surface area contributed by atoms with Gasteiger partial charge < -0.3 is 14.5 Å². The smallest absolute Gasteiger partial charge is 0.416 e. The number of alkyl halides is 3. The first-order valence-corrected chi connectivity index (χ1v) is 10.8. The molecule has 1 atom stereocenters.